The molecule has 0 saturated carbocycles. The van der Waals surface area contributed by atoms with Gasteiger partial charge in [0.25, 0.3) is 5.91 Å². The van der Waals surface area contributed by atoms with Crippen LogP contribution in [0, 0.1) is 6.92 Å². The number of piperazine rings is 1. The largest absolute Gasteiger partial charge is 0.345 e. The van der Waals surface area contributed by atoms with E-state index in [1.165, 1.54) is 5.56 Å². The van der Waals surface area contributed by atoms with Crippen molar-refractivity contribution in [2.45, 2.75) is 20.0 Å². The summed E-state index contributed by atoms with van der Waals surface area (Å²) in [6, 6.07) is 15.7. The highest BCUT2D eigenvalue weighted by atomic mass is 35.5. The first-order valence-electron chi connectivity index (χ1n) is 10.4. The van der Waals surface area contributed by atoms with E-state index in [1.807, 2.05) is 19.1 Å². The highest BCUT2D eigenvalue weighted by Gasteiger charge is 2.16. The van der Waals surface area contributed by atoms with Crippen molar-refractivity contribution in [2.75, 3.05) is 33.2 Å². The van der Waals surface area contributed by atoms with E-state index in [0.29, 0.717) is 17.4 Å². The summed E-state index contributed by atoms with van der Waals surface area (Å²) >= 11 is 5.94. The lowest BCUT2D eigenvalue weighted by atomic mass is 10.1. The van der Waals surface area contributed by atoms with Gasteiger partial charge in [0, 0.05) is 44.3 Å². The second-order valence-electron chi connectivity index (χ2n) is 7.95. The van der Waals surface area contributed by atoms with Gasteiger partial charge in [-0.2, -0.15) is 0 Å². The zero-order chi connectivity index (χ0) is 21.8. The minimum atomic E-state index is -0.294. The molecule has 0 atom stereocenters. The molecule has 1 amide bonds. The second-order valence-corrected chi connectivity index (χ2v) is 8.39. The summed E-state index contributed by atoms with van der Waals surface area (Å²) in [5, 5.41) is 7.90. The van der Waals surface area contributed by atoms with Crippen LogP contribution in [0.4, 0.5) is 0 Å². The molecule has 0 bridgehead atoms. The van der Waals surface area contributed by atoms with E-state index in [1.54, 1.807) is 16.8 Å². The Hall–Kier alpha value is -2.74. The lowest BCUT2D eigenvalue weighted by Crippen LogP contribution is -2.43. The third-order valence-electron chi connectivity index (χ3n) is 5.52. The van der Waals surface area contributed by atoms with Gasteiger partial charge in [0.1, 0.15) is 5.82 Å². The van der Waals surface area contributed by atoms with E-state index < -0.39 is 0 Å². The zero-order valence-corrected chi connectivity index (χ0v) is 18.6. The number of aryl methyl sites for hydroxylation is 1. The van der Waals surface area contributed by atoms with Crippen LogP contribution in [0.25, 0.3) is 5.69 Å². The number of carbonyl (C=O) groups is 1. The molecule has 0 aliphatic carbocycles. The van der Waals surface area contributed by atoms with Crippen molar-refractivity contribution in [3.8, 4) is 5.69 Å². The molecule has 1 saturated heterocycles. The summed E-state index contributed by atoms with van der Waals surface area (Å²) in [5.41, 5.74) is 3.15. The fraction of sp³-hybridized carbons (Fsp3) is 0.348. The van der Waals surface area contributed by atoms with Crippen molar-refractivity contribution < 1.29 is 4.79 Å². The second kappa shape index (κ2) is 9.60. The van der Waals surface area contributed by atoms with E-state index >= 15 is 0 Å². The zero-order valence-electron chi connectivity index (χ0n) is 17.9. The van der Waals surface area contributed by atoms with Crippen LogP contribution < -0.4 is 5.32 Å². The number of amides is 1. The van der Waals surface area contributed by atoms with Crippen molar-refractivity contribution in [2.24, 2.45) is 0 Å². The number of likely N-dealkylation sites (N-methyl/N-ethyl adjacent to an activating group) is 1. The summed E-state index contributed by atoms with van der Waals surface area (Å²) < 4.78 is 1.64. The minimum absolute atomic E-state index is 0.152. The van der Waals surface area contributed by atoms with Crippen LogP contribution in [0.15, 0.2) is 48.5 Å². The summed E-state index contributed by atoms with van der Waals surface area (Å²) in [7, 11) is 2.17. The van der Waals surface area contributed by atoms with Gasteiger partial charge in [0.05, 0.1) is 5.69 Å². The van der Waals surface area contributed by atoms with Gasteiger partial charge < -0.3 is 10.2 Å². The SMILES string of the molecule is Cc1nc(C(=O)NCc2ccc(CN3CCN(C)CC3)cc2)nn1-c1ccc(Cl)cc1. The van der Waals surface area contributed by atoms with Crippen molar-refractivity contribution in [1.82, 2.24) is 29.9 Å². The molecule has 7 nitrogen and oxygen atoms in total. The number of nitrogens with zero attached hydrogens (tertiary/aromatic N) is 5. The van der Waals surface area contributed by atoms with Gasteiger partial charge in [-0.1, -0.05) is 35.9 Å². The van der Waals surface area contributed by atoms with Gasteiger partial charge in [-0.05, 0) is 49.4 Å². The normalized spacial score (nSPS) is 15.2. The Balaban J connectivity index is 1.32. The first kappa shape index (κ1) is 21.5. The van der Waals surface area contributed by atoms with E-state index in [9.17, 15) is 4.79 Å². The molecule has 162 valence electrons. The Morgan fingerprint density at radius 2 is 1.65 bits per heavy atom. The van der Waals surface area contributed by atoms with Crippen molar-refractivity contribution in [1.29, 1.82) is 0 Å². The highest BCUT2D eigenvalue weighted by molar-refractivity contribution is 6.30. The Kier molecular flexibility index (Phi) is 6.65. The molecular weight excluding hydrogens is 412 g/mol. The molecule has 1 aliphatic heterocycles. The van der Waals surface area contributed by atoms with Crippen LogP contribution in [0.1, 0.15) is 27.6 Å². The number of rotatable bonds is 6. The molecule has 0 spiro atoms. The lowest BCUT2D eigenvalue weighted by molar-refractivity contribution is 0.0940. The predicted molar refractivity (Wildman–Crippen MR) is 121 cm³/mol. The Morgan fingerprint density at radius 3 is 2.32 bits per heavy atom. The third kappa shape index (κ3) is 5.50. The molecule has 2 aromatic carbocycles. The molecule has 0 unspecified atom stereocenters. The van der Waals surface area contributed by atoms with Gasteiger partial charge >= 0.3 is 0 Å². The number of hydrogen-bond acceptors (Lipinski definition) is 5. The minimum Gasteiger partial charge on any atom is -0.345 e. The van der Waals surface area contributed by atoms with Crippen LogP contribution in [-0.4, -0.2) is 63.7 Å². The molecule has 1 aliphatic rings. The molecule has 4 rings (SSSR count). The first-order chi connectivity index (χ1) is 15.0. The van der Waals surface area contributed by atoms with E-state index in [-0.39, 0.29) is 11.7 Å². The third-order valence-corrected chi connectivity index (χ3v) is 5.77. The summed E-state index contributed by atoms with van der Waals surface area (Å²) in [6.45, 7) is 7.65. The van der Waals surface area contributed by atoms with Gasteiger partial charge in [-0.25, -0.2) is 9.67 Å². The topological polar surface area (TPSA) is 66.3 Å². The monoisotopic (exact) mass is 438 g/mol. The van der Waals surface area contributed by atoms with Crippen molar-refractivity contribution in [3.63, 3.8) is 0 Å². The van der Waals surface area contributed by atoms with E-state index in [0.717, 1.165) is 44.0 Å². The summed E-state index contributed by atoms with van der Waals surface area (Å²) in [5.74, 6) is 0.497. The maximum atomic E-state index is 12.5. The van der Waals surface area contributed by atoms with Crippen LogP contribution >= 0.6 is 11.6 Å². The fourth-order valence-corrected chi connectivity index (χ4v) is 3.73. The Labute approximate surface area is 187 Å². The van der Waals surface area contributed by atoms with Gasteiger partial charge in [0.15, 0.2) is 0 Å². The van der Waals surface area contributed by atoms with Crippen molar-refractivity contribution >= 4 is 17.5 Å². The molecular formula is C23H27ClN6O. The average molecular weight is 439 g/mol. The molecule has 1 aromatic heterocycles. The number of benzene rings is 2. The van der Waals surface area contributed by atoms with Gasteiger partial charge in [0.2, 0.25) is 5.82 Å². The maximum Gasteiger partial charge on any atom is 0.291 e. The Bertz CT molecular complexity index is 1020. The Morgan fingerprint density at radius 1 is 1.00 bits per heavy atom. The number of halogens is 1. The quantitative estimate of drug-likeness (QED) is 0.641. The molecule has 3 aromatic rings. The maximum absolute atomic E-state index is 12.5. The number of hydrogen-bond donors (Lipinski definition) is 1. The number of carbonyl (C=O) groups excluding carboxylic acids is 1. The van der Waals surface area contributed by atoms with Crippen LogP contribution in [0.2, 0.25) is 5.02 Å². The summed E-state index contributed by atoms with van der Waals surface area (Å²) in [6.07, 6.45) is 0. The molecule has 0 radical (unpaired) electrons. The fourth-order valence-electron chi connectivity index (χ4n) is 3.60. The smallest absolute Gasteiger partial charge is 0.291 e. The van der Waals surface area contributed by atoms with Crippen LogP contribution in [-0.2, 0) is 13.1 Å². The van der Waals surface area contributed by atoms with E-state index in [4.69, 9.17) is 11.6 Å². The molecule has 1 N–H and O–H groups in total. The standard InChI is InChI=1S/C23H27ClN6O/c1-17-26-22(27-30(17)21-9-7-20(24)8-10-21)23(31)25-15-18-3-5-19(6-4-18)16-29-13-11-28(2)12-14-29/h3-10H,11-16H2,1-2H3,(H,25,31). The van der Waals surface area contributed by atoms with Crippen molar-refractivity contribution in [3.05, 3.63) is 76.3 Å². The summed E-state index contributed by atoms with van der Waals surface area (Å²) in [4.78, 5) is 21.7. The van der Waals surface area contributed by atoms with Crippen LogP contribution in [0.5, 0.6) is 0 Å². The average Bonchev–Trinajstić information content (AvgIpc) is 3.17. The molecule has 2 heterocycles. The lowest BCUT2D eigenvalue weighted by Gasteiger charge is -2.32. The first-order valence-corrected chi connectivity index (χ1v) is 10.8. The molecule has 8 heteroatoms. The van der Waals surface area contributed by atoms with Gasteiger partial charge in [-0.3, -0.25) is 9.69 Å². The molecule has 31 heavy (non-hydrogen) atoms. The predicted octanol–water partition coefficient (Wildman–Crippen LogP) is 2.91. The van der Waals surface area contributed by atoms with Gasteiger partial charge in [-0.15, -0.1) is 5.10 Å². The van der Waals surface area contributed by atoms with Crippen LogP contribution in [0.3, 0.4) is 0 Å². The highest BCUT2D eigenvalue weighted by Crippen LogP contribution is 2.14. The number of nitrogens with one attached hydrogen (secondary N) is 1. The molecule has 1 fully saturated rings. The number of aromatic nitrogens is 3. The van der Waals surface area contributed by atoms with E-state index in [2.05, 4.69) is 56.5 Å².